The fraction of sp³-hybridized carbons (Fsp3) is 0.548. The van der Waals surface area contributed by atoms with Crippen molar-refractivity contribution in [3.8, 4) is 0 Å². The highest BCUT2D eigenvalue weighted by molar-refractivity contribution is 5.67. The van der Waals surface area contributed by atoms with Crippen molar-refractivity contribution in [2.75, 3.05) is 22.9 Å². The molecule has 1 saturated carbocycles. The summed E-state index contributed by atoms with van der Waals surface area (Å²) in [6.45, 7) is 2.83. The van der Waals surface area contributed by atoms with Crippen molar-refractivity contribution in [3.05, 3.63) is 63.7 Å². The van der Waals surface area contributed by atoms with Gasteiger partial charge in [-0.2, -0.15) is 44.3 Å². The first-order chi connectivity index (χ1) is 22.2. The summed E-state index contributed by atoms with van der Waals surface area (Å²) in [5, 5.41) is 20.8. The fourth-order valence-electron chi connectivity index (χ4n) is 6.19. The smallest absolute Gasteiger partial charge is 0.416 e. The summed E-state index contributed by atoms with van der Waals surface area (Å²) in [6.07, 6.45) is -12.2. The Morgan fingerprint density at radius 1 is 0.854 bits per heavy atom. The minimum atomic E-state index is -5.09. The van der Waals surface area contributed by atoms with Gasteiger partial charge < -0.3 is 14.9 Å². The molecule has 4 rings (SSSR count). The summed E-state index contributed by atoms with van der Waals surface area (Å²) in [5.74, 6) is -0.976. The zero-order valence-electron chi connectivity index (χ0n) is 26.3. The number of aromatic nitrogens is 4. The summed E-state index contributed by atoms with van der Waals surface area (Å²) in [5.41, 5.74) is -3.91. The zero-order valence-corrected chi connectivity index (χ0v) is 26.3. The van der Waals surface area contributed by atoms with E-state index in [1.165, 1.54) is 24.9 Å². The first kappa shape index (κ1) is 36.8. The van der Waals surface area contributed by atoms with Crippen LogP contribution in [-0.4, -0.2) is 44.4 Å². The van der Waals surface area contributed by atoms with Crippen LogP contribution >= 0.6 is 0 Å². The number of alkyl halides is 9. The molecule has 0 bridgehead atoms. The molecule has 1 aliphatic carbocycles. The van der Waals surface area contributed by atoms with Gasteiger partial charge in [0, 0.05) is 38.3 Å². The van der Waals surface area contributed by atoms with Crippen molar-refractivity contribution >= 4 is 17.6 Å². The molecule has 0 spiro atoms. The van der Waals surface area contributed by atoms with Crippen LogP contribution in [0.5, 0.6) is 0 Å². The molecule has 0 unspecified atom stereocenters. The Hall–Kier alpha value is -4.05. The summed E-state index contributed by atoms with van der Waals surface area (Å²) in [4.78, 5) is 15.2. The number of aryl methyl sites for hydroxylation is 2. The molecular weight excluding hydrogens is 659 g/mol. The Morgan fingerprint density at radius 2 is 1.44 bits per heavy atom. The highest BCUT2D eigenvalue weighted by atomic mass is 19.4. The maximum absolute atomic E-state index is 14.1. The third-order valence-corrected chi connectivity index (χ3v) is 8.52. The Kier molecular flexibility index (Phi) is 10.9. The number of tetrazole rings is 1. The van der Waals surface area contributed by atoms with E-state index in [-0.39, 0.29) is 60.2 Å². The molecule has 264 valence electrons. The molecule has 3 aromatic rings. The first-order valence-corrected chi connectivity index (χ1v) is 15.2. The number of carbonyl (C=O) groups is 1. The van der Waals surface area contributed by atoms with Gasteiger partial charge in [0.05, 0.1) is 23.7 Å². The lowest BCUT2D eigenvalue weighted by Gasteiger charge is -2.35. The number of hydrogen-bond acceptors (Lipinski definition) is 6. The van der Waals surface area contributed by atoms with Crippen LogP contribution in [0.2, 0.25) is 0 Å². The molecule has 0 atom stereocenters. The Morgan fingerprint density at radius 3 is 1.92 bits per heavy atom. The van der Waals surface area contributed by atoms with Crippen LogP contribution in [-0.2, 0) is 43.5 Å². The molecule has 1 N–H and O–H groups in total. The fourth-order valence-corrected chi connectivity index (χ4v) is 6.19. The Bertz CT molecular complexity index is 1550. The van der Waals surface area contributed by atoms with E-state index in [0.717, 1.165) is 10.9 Å². The van der Waals surface area contributed by atoms with E-state index in [4.69, 9.17) is 5.11 Å². The summed E-state index contributed by atoms with van der Waals surface area (Å²) < 4.78 is 124. The predicted octanol–water partition coefficient (Wildman–Crippen LogP) is 7.89. The molecule has 0 aliphatic heterocycles. The molecule has 0 saturated heterocycles. The second kappa shape index (κ2) is 14.2. The van der Waals surface area contributed by atoms with Gasteiger partial charge in [-0.05, 0) is 97.5 Å². The SMILES string of the molecule is CCN(C[C@H]1CC[C@H](CC(=O)O)CC1)c1cc(C(F)(F)F)c(C)cc1CN(Cc1cc(C(F)(F)F)cc(C(F)(F)F)c1)c1nnn(C)n1. The van der Waals surface area contributed by atoms with Crippen molar-refractivity contribution in [1.82, 2.24) is 20.2 Å². The van der Waals surface area contributed by atoms with Crippen LogP contribution in [0.25, 0.3) is 0 Å². The zero-order chi connectivity index (χ0) is 35.6. The normalized spacial score (nSPS) is 17.4. The van der Waals surface area contributed by atoms with Crippen molar-refractivity contribution in [3.63, 3.8) is 0 Å². The van der Waals surface area contributed by atoms with E-state index in [1.54, 1.807) is 11.8 Å². The van der Waals surface area contributed by atoms with Gasteiger partial charge in [-0.3, -0.25) is 4.79 Å². The highest BCUT2D eigenvalue weighted by Crippen LogP contribution is 2.40. The van der Waals surface area contributed by atoms with Gasteiger partial charge >= 0.3 is 24.5 Å². The number of halogens is 9. The van der Waals surface area contributed by atoms with Crippen LogP contribution < -0.4 is 9.80 Å². The lowest BCUT2D eigenvalue weighted by Crippen LogP contribution is -2.34. The van der Waals surface area contributed by atoms with E-state index in [2.05, 4.69) is 15.4 Å². The maximum atomic E-state index is 14.1. The van der Waals surface area contributed by atoms with Crippen LogP contribution in [0.15, 0.2) is 30.3 Å². The molecule has 0 amide bonds. The third kappa shape index (κ3) is 9.30. The van der Waals surface area contributed by atoms with Crippen molar-refractivity contribution in [2.45, 2.75) is 77.6 Å². The van der Waals surface area contributed by atoms with Gasteiger partial charge in [0.2, 0.25) is 0 Å². The molecule has 8 nitrogen and oxygen atoms in total. The van der Waals surface area contributed by atoms with Gasteiger partial charge in [-0.15, -0.1) is 5.10 Å². The number of benzene rings is 2. The number of carboxylic acids is 1. The molecular formula is C31H35F9N6O2. The van der Waals surface area contributed by atoms with Crippen LogP contribution in [0.4, 0.5) is 51.1 Å². The number of hydrogen-bond donors (Lipinski definition) is 1. The van der Waals surface area contributed by atoms with Gasteiger partial charge in [-0.1, -0.05) is 11.2 Å². The lowest BCUT2D eigenvalue weighted by molar-refractivity contribution is -0.143. The summed E-state index contributed by atoms with van der Waals surface area (Å²) in [7, 11) is 1.40. The van der Waals surface area contributed by atoms with Gasteiger partial charge in [-0.25, -0.2) is 0 Å². The largest absolute Gasteiger partial charge is 0.481 e. The second-order valence-corrected chi connectivity index (χ2v) is 12.2. The third-order valence-electron chi connectivity index (χ3n) is 8.52. The monoisotopic (exact) mass is 694 g/mol. The molecule has 1 aromatic heterocycles. The standard InChI is InChI=1S/C31H35F9N6O2/c1-4-45(15-20-7-5-19(6-8-20)12-27(47)48)26-14-25(31(38,39)40)18(2)9-22(26)17-46(28-41-43-44(3)42-28)16-21-10-23(29(32,33)34)13-24(11-21)30(35,36)37/h9-11,13-14,19-20H,4-8,12,15-17H2,1-3H3,(H,47,48)/t19-,20-. The van der Waals surface area contributed by atoms with Crippen molar-refractivity contribution < 1.29 is 49.4 Å². The molecule has 0 radical (unpaired) electrons. The average molecular weight is 695 g/mol. The van der Waals surface area contributed by atoms with Crippen LogP contribution in [0.3, 0.4) is 0 Å². The number of aliphatic carboxylic acids is 1. The molecule has 2 aromatic carbocycles. The number of carboxylic acid groups (broad SMARTS) is 1. The predicted molar refractivity (Wildman–Crippen MR) is 157 cm³/mol. The molecule has 17 heteroatoms. The molecule has 1 aliphatic rings. The first-order valence-electron chi connectivity index (χ1n) is 15.2. The van der Waals surface area contributed by atoms with Crippen molar-refractivity contribution in [1.29, 1.82) is 0 Å². The van der Waals surface area contributed by atoms with E-state index in [0.29, 0.717) is 49.9 Å². The second-order valence-electron chi connectivity index (χ2n) is 12.2. The van der Waals surface area contributed by atoms with Crippen LogP contribution in [0.1, 0.15) is 72.4 Å². The topological polar surface area (TPSA) is 87.4 Å². The summed E-state index contributed by atoms with van der Waals surface area (Å²) in [6, 6.07) is 3.49. The Labute approximate surface area is 270 Å². The minimum absolute atomic E-state index is 0.0139. The van der Waals surface area contributed by atoms with E-state index in [9.17, 15) is 44.3 Å². The van der Waals surface area contributed by atoms with Gasteiger partial charge in [0.1, 0.15) is 0 Å². The molecule has 48 heavy (non-hydrogen) atoms. The maximum Gasteiger partial charge on any atom is 0.416 e. The number of rotatable bonds is 11. The lowest BCUT2D eigenvalue weighted by atomic mass is 9.80. The minimum Gasteiger partial charge on any atom is -0.481 e. The average Bonchev–Trinajstić information content (AvgIpc) is 3.41. The van der Waals surface area contributed by atoms with Crippen molar-refractivity contribution in [2.24, 2.45) is 18.9 Å². The summed E-state index contributed by atoms with van der Waals surface area (Å²) >= 11 is 0. The number of anilines is 2. The molecule has 1 heterocycles. The van der Waals surface area contributed by atoms with E-state index < -0.39 is 47.7 Å². The molecule has 1 fully saturated rings. The van der Waals surface area contributed by atoms with Crippen LogP contribution in [0, 0.1) is 18.8 Å². The Balaban J connectivity index is 1.75. The van der Waals surface area contributed by atoms with Gasteiger partial charge in [0.15, 0.2) is 0 Å². The van der Waals surface area contributed by atoms with Gasteiger partial charge in [0.25, 0.3) is 5.95 Å². The number of nitrogens with zero attached hydrogens (tertiary/aromatic N) is 6. The highest BCUT2D eigenvalue weighted by Gasteiger charge is 2.38. The van der Waals surface area contributed by atoms with E-state index in [1.807, 2.05) is 0 Å². The quantitative estimate of drug-likeness (QED) is 0.204. The van der Waals surface area contributed by atoms with E-state index >= 15 is 0 Å².